The molecule has 2 aromatic rings. The fraction of sp³-hybridized carbons (Fsp3) is 0.391. The molecule has 1 N–H and O–H groups in total. The molecular formula is C23H26N2O3. The van der Waals surface area contributed by atoms with Gasteiger partial charge in [0.2, 0.25) is 11.8 Å². The summed E-state index contributed by atoms with van der Waals surface area (Å²) in [6.45, 7) is 1.69. The molecule has 1 saturated carbocycles. The highest BCUT2D eigenvalue weighted by atomic mass is 16.5. The first-order valence-electron chi connectivity index (χ1n) is 10.00. The maximum atomic E-state index is 13.5. The van der Waals surface area contributed by atoms with Gasteiger partial charge in [-0.3, -0.25) is 9.59 Å². The van der Waals surface area contributed by atoms with Crippen LogP contribution in [0.3, 0.4) is 0 Å². The third-order valence-corrected chi connectivity index (χ3v) is 5.60. The Morgan fingerprint density at radius 2 is 1.71 bits per heavy atom. The van der Waals surface area contributed by atoms with Gasteiger partial charge in [-0.2, -0.15) is 0 Å². The number of nitrogens with one attached hydrogen (secondary N) is 1. The van der Waals surface area contributed by atoms with Gasteiger partial charge in [0.15, 0.2) is 0 Å². The lowest BCUT2D eigenvalue weighted by atomic mass is 10.0. The van der Waals surface area contributed by atoms with Crippen molar-refractivity contribution in [2.75, 3.05) is 18.1 Å². The van der Waals surface area contributed by atoms with E-state index in [0.717, 1.165) is 30.7 Å². The third-order valence-electron chi connectivity index (χ3n) is 5.60. The predicted octanol–water partition coefficient (Wildman–Crippen LogP) is 3.30. The molecule has 2 amide bonds. The molecule has 5 heteroatoms. The summed E-state index contributed by atoms with van der Waals surface area (Å²) in [6, 6.07) is 19.5. The Bertz CT molecular complexity index is 812. The van der Waals surface area contributed by atoms with Crippen molar-refractivity contribution in [2.24, 2.45) is 5.41 Å². The molecule has 4 rings (SSSR count). The Hall–Kier alpha value is -2.66. The van der Waals surface area contributed by atoms with E-state index in [1.807, 2.05) is 60.7 Å². The average molecular weight is 378 g/mol. The molecule has 0 bridgehead atoms. The normalized spacial score (nSPS) is 19.8. The molecule has 28 heavy (non-hydrogen) atoms. The molecule has 0 spiro atoms. The average Bonchev–Trinajstić information content (AvgIpc) is 3.40. The van der Waals surface area contributed by atoms with Crippen molar-refractivity contribution >= 4 is 17.5 Å². The summed E-state index contributed by atoms with van der Waals surface area (Å²) >= 11 is 0. The van der Waals surface area contributed by atoms with E-state index in [2.05, 4.69) is 5.32 Å². The number of hydrogen-bond donors (Lipinski definition) is 1. The minimum atomic E-state index is -0.941. The van der Waals surface area contributed by atoms with Crippen molar-refractivity contribution in [3.8, 4) is 0 Å². The maximum Gasteiger partial charge on any atom is 0.242 e. The number of hydrogen-bond acceptors (Lipinski definition) is 3. The Labute approximate surface area is 165 Å². The van der Waals surface area contributed by atoms with Gasteiger partial charge >= 0.3 is 0 Å². The zero-order valence-electron chi connectivity index (χ0n) is 16.0. The first-order valence-corrected chi connectivity index (χ1v) is 10.00. The van der Waals surface area contributed by atoms with Crippen molar-refractivity contribution in [2.45, 2.75) is 38.3 Å². The summed E-state index contributed by atoms with van der Waals surface area (Å²) in [5.74, 6) is -0.283. The molecule has 1 aliphatic heterocycles. The van der Waals surface area contributed by atoms with Gasteiger partial charge in [0.25, 0.3) is 0 Å². The predicted molar refractivity (Wildman–Crippen MR) is 108 cm³/mol. The number of benzene rings is 2. The van der Waals surface area contributed by atoms with E-state index in [9.17, 15) is 9.59 Å². The summed E-state index contributed by atoms with van der Waals surface area (Å²) in [5.41, 5.74) is 0.910. The first-order chi connectivity index (χ1) is 13.7. The van der Waals surface area contributed by atoms with E-state index in [0.29, 0.717) is 25.9 Å². The minimum Gasteiger partial charge on any atom is -0.376 e. The number of ether oxygens (including phenoxy) is 1. The fourth-order valence-electron chi connectivity index (χ4n) is 3.76. The minimum absolute atomic E-state index is 0.0735. The largest absolute Gasteiger partial charge is 0.376 e. The van der Waals surface area contributed by atoms with Gasteiger partial charge < -0.3 is 15.0 Å². The summed E-state index contributed by atoms with van der Waals surface area (Å²) in [7, 11) is 0. The van der Waals surface area contributed by atoms with Gasteiger partial charge in [-0.15, -0.1) is 0 Å². The van der Waals surface area contributed by atoms with Crippen LogP contribution in [0.25, 0.3) is 0 Å². The number of anilines is 1. The van der Waals surface area contributed by atoms with Crippen molar-refractivity contribution in [1.82, 2.24) is 5.32 Å². The molecule has 1 atom stereocenters. The van der Waals surface area contributed by atoms with Gasteiger partial charge in [0, 0.05) is 18.8 Å². The maximum absolute atomic E-state index is 13.5. The zero-order chi connectivity index (χ0) is 19.4. The molecule has 146 valence electrons. The van der Waals surface area contributed by atoms with E-state index in [4.69, 9.17) is 4.74 Å². The van der Waals surface area contributed by atoms with Crippen LogP contribution in [-0.2, 0) is 20.9 Å². The topological polar surface area (TPSA) is 58.6 Å². The summed E-state index contributed by atoms with van der Waals surface area (Å²) in [4.78, 5) is 28.1. The van der Waals surface area contributed by atoms with Gasteiger partial charge in [0.1, 0.15) is 5.41 Å². The van der Waals surface area contributed by atoms with Crippen molar-refractivity contribution in [3.05, 3.63) is 66.2 Å². The van der Waals surface area contributed by atoms with Crippen LogP contribution in [0.2, 0.25) is 0 Å². The van der Waals surface area contributed by atoms with Crippen molar-refractivity contribution < 1.29 is 14.3 Å². The highest BCUT2D eigenvalue weighted by Gasteiger charge is 2.58. The van der Waals surface area contributed by atoms with Crippen LogP contribution >= 0.6 is 0 Å². The Morgan fingerprint density at radius 1 is 1.04 bits per heavy atom. The summed E-state index contributed by atoms with van der Waals surface area (Å²) in [6.07, 6.45) is 3.27. The Kier molecular flexibility index (Phi) is 5.44. The number of carbonyl (C=O) groups is 2. The SMILES string of the molecule is O=C(NCC1CCCO1)C1(C(=O)N(Cc2ccccc2)c2ccccc2)CC1. The second-order valence-electron chi connectivity index (χ2n) is 7.64. The van der Waals surface area contributed by atoms with E-state index in [1.165, 1.54) is 0 Å². The van der Waals surface area contributed by atoms with Crippen LogP contribution in [0, 0.1) is 5.41 Å². The van der Waals surface area contributed by atoms with Crippen LogP contribution in [0.5, 0.6) is 0 Å². The molecular weight excluding hydrogens is 352 g/mol. The molecule has 2 fully saturated rings. The smallest absolute Gasteiger partial charge is 0.242 e. The zero-order valence-corrected chi connectivity index (χ0v) is 16.0. The molecule has 5 nitrogen and oxygen atoms in total. The quantitative estimate of drug-likeness (QED) is 0.752. The number of amides is 2. The molecule has 0 radical (unpaired) electrons. The van der Waals surface area contributed by atoms with E-state index in [-0.39, 0.29) is 17.9 Å². The molecule has 1 saturated heterocycles. The second kappa shape index (κ2) is 8.15. The highest BCUT2D eigenvalue weighted by Crippen LogP contribution is 2.48. The molecule has 0 aromatic heterocycles. The van der Waals surface area contributed by atoms with Crippen LogP contribution in [-0.4, -0.2) is 31.1 Å². The Balaban J connectivity index is 1.51. The molecule has 2 aromatic carbocycles. The van der Waals surface area contributed by atoms with Crippen molar-refractivity contribution in [1.29, 1.82) is 0 Å². The standard InChI is InChI=1S/C23H26N2O3/c26-21(24-16-20-12-7-15-28-20)23(13-14-23)22(27)25(19-10-5-2-6-11-19)17-18-8-3-1-4-9-18/h1-6,8-11,20H,7,12-17H2,(H,24,26). The number of nitrogens with zero attached hydrogens (tertiary/aromatic N) is 1. The summed E-state index contributed by atoms with van der Waals surface area (Å²) in [5, 5.41) is 2.97. The van der Waals surface area contributed by atoms with Crippen LogP contribution in [0.15, 0.2) is 60.7 Å². The number of carbonyl (C=O) groups excluding carboxylic acids is 2. The molecule has 1 aliphatic carbocycles. The van der Waals surface area contributed by atoms with Gasteiger partial charge in [0.05, 0.1) is 12.6 Å². The van der Waals surface area contributed by atoms with Gasteiger partial charge in [-0.1, -0.05) is 48.5 Å². The first kappa shape index (κ1) is 18.7. The fourth-order valence-corrected chi connectivity index (χ4v) is 3.76. The highest BCUT2D eigenvalue weighted by molar-refractivity contribution is 6.14. The van der Waals surface area contributed by atoms with Gasteiger partial charge in [-0.25, -0.2) is 0 Å². The monoisotopic (exact) mass is 378 g/mol. The van der Waals surface area contributed by atoms with E-state index >= 15 is 0 Å². The lowest BCUT2D eigenvalue weighted by Crippen LogP contribution is -2.46. The number of para-hydroxylation sites is 1. The van der Waals surface area contributed by atoms with E-state index in [1.54, 1.807) is 4.90 Å². The van der Waals surface area contributed by atoms with Crippen molar-refractivity contribution in [3.63, 3.8) is 0 Å². The lowest BCUT2D eigenvalue weighted by Gasteiger charge is -2.27. The van der Waals surface area contributed by atoms with E-state index < -0.39 is 5.41 Å². The lowest BCUT2D eigenvalue weighted by molar-refractivity contribution is -0.136. The molecule has 1 heterocycles. The third kappa shape index (κ3) is 3.94. The second-order valence-corrected chi connectivity index (χ2v) is 7.64. The Morgan fingerprint density at radius 3 is 2.32 bits per heavy atom. The van der Waals surface area contributed by atoms with Crippen LogP contribution in [0.4, 0.5) is 5.69 Å². The molecule has 1 unspecified atom stereocenters. The van der Waals surface area contributed by atoms with Crippen LogP contribution in [0.1, 0.15) is 31.2 Å². The summed E-state index contributed by atoms with van der Waals surface area (Å²) < 4.78 is 5.58. The molecule has 2 aliphatic rings. The van der Waals surface area contributed by atoms with Gasteiger partial charge in [-0.05, 0) is 43.4 Å². The van der Waals surface area contributed by atoms with Crippen LogP contribution < -0.4 is 10.2 Å². The number of rotatable bonds is 7.